The molecule has 2 aromatic heterocycles. The zero-order valence-corrected chi connectivity index (χ0v) is 23.1. The molecule has 210 valence electrons. The molecule has 1 atom stereocenters. The van der Waals surface area contributed by atoms with Gasteiger partial charge in [0.05, 0.1) is 20.8 Å². The number of nitrogens with zero attached hydrogens (tertiary/aromatic N) is 4. The van der Waals surface area contributed by atoms with Crippen molar-refractivity contribution < 1.29 is 23.0 Å². The third kappa shape index (κ3) is 5.48. The average molecular weight is 570 g/mol. The number of alkyl halides is 2. The van der Waals surface area contributed by atoms with Crippen LogP contribution in [-0.2, 0) is 23.8 Å². The fraction of sp³-hybridized carbons (Fsp3) is 0.357. The van der Waals surface area contributed by atoms with Gasteiger partial charge < -0.3 is 19.7 Å². The van der Waals surface area contributed by atoms with E-state index in [0.29, 0.717) is 48.6 Å². The summed E-state index contributed by atoms with van der Waals surface area (Å²) in [6, 6.07) is 14.0. The summed E-state index contributed by atoms with van der Waals surface area (Å²) >= 11 is 1.04. The number of aromatic nitrogens is 3. The van der Waals surface area contributed by atoms with E-state index in [1.165, 1.54) is 14.2 Å². The number of anilines is 1. The Labute approximate surface area is 233 Å². The SMILES string of the molecule is COc1ccc(Cn2c(C(C)(F)F)nc3sc(N4CCCC4C(=O)NCc4ccccc4)nc3c2=O)c(OC)c1. The second kappa shape index (κ2) is 11.2. The summed E-state index contributed by atoms with van der Waals surface area (Å²) in [6.45, 7) is 1.45. The van der Waals surface area contributed by atoms with Crippen molar-refractivity contribution in [2.24, 2.45) is 0 Å². The maximum absolute atomic E-state index is 14.8. The minimum Gasteiger partial charge on any atom is -0.497 e. The highest BCUT2D eigenvalue weighted by Gasteiger charge is 2.35. The Kier molecular flexibility index (Phi) is 7.70. The molecule has 4 aromatic rings. The minimum atomic E-state index is -3.40. The Balaban J connectivity index is 1.48. The van der Waals surface area contributed by atoms with Crippen molar-refractivity contribution in [1.82, 2.24) is 19.9 Å². The average Bonchev–Trinajstić information content (AvgIpc) is 3.61. The van der Waals surface area contributed by atoms with E-state index in [1.54, 1.807) is 18.2 Å². The summed E-state index contributed by atoms with van der Waals surface area (Å²) in [5.41, 5.74) is 0.774. The van der Waals surface area contributed by atoms with Gasteiger partial charge in [-0.2, -0.15) is 8.78 Å². The Morgan fingerprint density at radius 3 is 2.62 bits per heavy atom. The minimum absolute atomic E-state index is 0.0178. The zero-order valence-electron chi connectivity index (χ0n) is 22.3. The van der Waals surface area contributed by atoms with E-state index in [0.717, 1.165) is 27.9 Å². The number of amides is 1. The van der Waals surface area contributed by atoms with Crippen molar-refractivity contribution in [3.05, 3.63) is 75.8 Å². The van der Waals surface area contributed by atoms with E-state index in [1.807, 2.05) is 35.2 Å². The number of fused-ring (bicyclic) bond motifs is 1. The molecule has 1 saturated heterocycles. The Morgan fingerprint density at radius 2 is 1.93 bits per heavy atom. The first kappa shape index (κ1) is 27.5. The van der Waals surface area contributed by atoms with Crippen LogP contribution >= 0.6 is 11.3 Å². The molecule has 12 heteroatoms. The molecule has 5 rings (SSSR count). The number of methoxy groups -OCH3 is 2. The standard InChI is InChI=1S/C28H29F2N5O4S/c1-28(29,30)26-33-24-22(25(37)35(26)16-18-11-12-19(38-2)14-21(18)39-3)32-27(40-24)34-13-7-10-20(34)23(36)31-15-17-8-5-4-6-9-17/h4-6,8-9,11-12,14,20H,7,10,13,15-16H2,1-3H3,(H,31,36). The topological polar surface area (TPSA) is 98.6 Å². The lowest BCUT2D eigenvalue weighted by Crippen LogP contribution is -2.43. The first-order valence-corrected chi connectivity index (χ1v) is 13.6. The molecule has 1 aliphatic rings. The molecule has 1 fully saturated rings. The molecular weight excluding hydrogens is 540 g/mol. The maximum Gasteiger partial charge on any atom is 0.302 e. The molecule has 3 heterocycles. The Bertz CT molecular complexity index is 1590. The van der Waals surface area contributed by atoms with Crippen LogP contribution in [0, 0.1) is 0 Å². The van der Waals surface area contributed by atoms with Gasteiger partial charge in [0.2, 0.25) is 5.91 Å². The van der Waals surface area contributed by atoms with Crippen molar-refractivity contribution in [3.8, 4) is 11.5 Å². The Morgan fingerprint density at radius 1 is 1.15 bits per heavy atom. The van der Waals surface area contributed by atoms with Crippen LogP contribution in [0.15, 0.2) is 53.3 Å². The molecule has 9 nitrogen and oxygen atoms in total. The molecule has 0 spiro atoms. The van der Waals surface area contributed by atoms with Crippen LogP contribution in [0.4, 0.5) is 13.9 Å². The van der Waals surface area contributed by atoms with E-state index in [2.05, 4.69) is 15.3 Å². The molecule has 0 bridgehead atoms. The quantitative estimate of drug-likeness (QED) is 0.321. The van der Waals surface area contributed by atoms with Crippen molar-refractivity contribution in [1.29, 1.82) is 0 Å². The summed E-state index contributed by atoms with van der Waals surface area (Å²) in [7, 11) is 2.96. The maximum atomic E-state index is 14.8. The fourth-order valence-corrected chi connectivity index (χ4v) is 5.83. The molecule has 0 aliphatic carbocycles. The third-order valence-electron chi connectivity index (χ3n) is 6.83. The van der Waals surface area contributed by atoms with E-state index in [9.17, 15) is 18.4 Å². The van der Waals surface area contributed by atoms with Crippen LogP contribution in [0.1, 0.15) is 36.7 Å². The second-order valence-corrected chi connectivity index (χ2v) is 10.6. The number of halogens is 2. The van der Waals surface area contributed by atoms with Gasteiger partial charge in [0.25, 0.3) is 5.56 Å². The van der Waals surface area contributed by atoms with Crippen molar-refractivity contribution in [3.63, 3.8) is 0 Å². The first-order chi connectivity index (χ1) is 19.2. The summed E-state index contributed by atoms with van der Waals surface area (Å²) in [5.74, 6) is -3.31. The van der Waals surface area contributed by atoms with Gasteiger partial charge in [0.15, 0.2) is 21.3 Å². The molecule has 0 saturated carbocycles. The number of benzene rings is 2. The van der Waals surface area contributed by atoms with Crippen LogP contribution in [0.3, 0.4) is 0 Å². The number of carbonyl (C=O) groups is 1. The van der Waals surface area contributed by atoms with Crippen LogP contribution < -0.4 is 25.2 Å². The number of carbonyl (C=O) groups excluding carboxylic acids is 1. The lowest BCUT2D eigenvalue weighted by atomic mass is 10.1. The summed E-state index contributed by atoms with van der Waals surface area (Å²) < 4.78 is 41.1. The molecule has 1 aliphatic heterocycles. The van der Waals surface area contributed by atoms with Gasteiger partial charge in [0.1, 0.15) is 17.5 Å². The van der Waals surface area contributed by atoms with Gasteiger partial charge in [-0.1, -0.05) is 41.7 Å². The summed E-state index contributed by atoms with van der Waals surface area (Å²) in [6.07, 6.45) is 1.37. The number of thiazole rings is 1. The molecule has 40 heavy (non-hydrogen) atoms. The lowest BCUT2D eigenvalue weighted by molar-refractivity contribution is -0.122. The molecular formula is C28H29F2N5O4S. The van der Waals surface area contributed by atoms with E-state index >= 15 is 0 Å². The van der Waals surface area contributed by atoms with E-state index < -0.39 is 23.3 Å². The number of nitrogens with one attached hydrogen (secondary N) is 1. The van der Waals surface area contributed by atoms with Gasteiger partial charge in [-0.25, -0.2) is 9.97 Å². The predicted octanol–water partition coefficient (Wildman–Crippen LogP) is 4.32. The van der Waals surface area contributed by atoms with Crippen molar-refractivity contribution >= 4 is 32.7 Å². The van der Waals surface area contributed by atoms with Gasteiger partial charge in [-0.05, 0) is 30.5 Å². The molecule has 1 amide bonds. The third-order valence-corrected chi connectivity index (χ3v) is 7.82. The van der Waals surface area contributed by atoms with Crippen LogP contribution in [0.25, 0.3) is 10.3 Å². The van der Waals surface area contributed by atoms with Crippen LogP contribution in [-0.4, -0.2) is 47.2 Å². The van der Waals surface area contributed by atoms with Crippen LogP contribution in [0.2, 0.25) is 0 Å². The summed E-state index contributed by atoms with van der Waals surface area (Å²) in [4.78, 5) is 37.3. The van der Waals surface area contributed by atoms with Crippen LogP contribution in [0.5, 0.6) is 11.5 Å². The van der Waals surface area contributed by atoms with Crippen molar-refractivity contribution in [2.75, 3.05) is 25.7 Å². The van der Waals surface area contributed by atoms with Gasteiger partial charge in [-0.3, -0.25) is 14.2 Å². The number of rotatable bonds is 9. The van der Waals surface area contributed by atoms with Gasteiger partial charge in [-0.15, -0.1) is 0 Å². The normalized spacial score (nSPS) is 15.4. The molecule has 0 radical (unpaired) electrons. The number of ether oxygens (including phenoxy) is 2. The van der Waals surface area contributed by atoms with E-state index in [-0.39, 0.29) is 22.8 Å². The zero-order chi connectivity index (χ0) is 28.4. The smallest absolute Gasteiger partial charge is 0.302 e. The highest BCUT2D eigenvalue weighted by molar-refractivity contribution is 7.21. The second-order valence-electron chi connectivity index (χ2n) is 9.60. The lowest BCUT2D eigenvalue weighted by Gasteiger charge is -2.23. The van der Waals surface area contributed by atoms with E-state index in [4.69, 9.17) is 9.47 Å². The summed E-state index contributed by atoms with van der Waals surface area (Å²) in [5, 5.41) is 3.37. The molecule has 1 N–H and O–H groups in total. The Hall–Kier alpha value is -4.06. The monoisotopic (exact) mass is 569 g/mol. The van der Waals surface area contributed by atoms with Gasteiger partial charge >= 0.3 is 5.92 Å². The first-order valence-electron chi connectivity index (χ1n) is 12.8. The largest absolute Gasteiger partial charge is 0.497 e. The molecule has 1 unspecified atom stereocenters. The molecule has 2 aromatic carbocycles. The predicted molar refractivity (Wildman–Crippen MR) is 149 cm³/mol. The number of hydrogen-bond acceptors (Lipinski definition) is 8. The fourth-order valence-electron chi connectivity index (χ4n) is 4.83. The van der Waals surface area contributed by atoms with Crippen molar-refractivity contribution in [2.45, 2.75) is 44.8 Å². The number of hydrogen-bond donors (Lipinski definition) is 1. The highest BCUT2D eigenvalue weighted by atomic mass is 32.1. The van der Waals surface area contributed by atoms with Gasteiger partial charge in [0, 0.05) is 31.6 Å². The highest BCUT2D eigenvalue weighted by Crippen LogP contribution is 2.34.